The van der Waals surface area contributed by atoms with Crippen molar-refractivity contribution >= 4 is 28.5 Å². The highest BCUT2D eigenvalue weighted by atomic mass is 16.3. The molecule has 1 aromatic heterocycles. The number of carbonyl (C=O) groups excluding carboxylic acids is 2. The Morgan fingerprint density at radius 1 is 0.857 bits per heavy atom. The van der Waals surface area contributed by atoms with E-state index in [9.17, 15) is 9.59 Å². The molecule has 5 heteroatoms. The molecule has 146 valence electrons. The number of rotatable bonds is 3. The molecule has 5 nitrogen and oxygen atoms in total. The summed E-state index contributed by atoms with van der Waals surface area (Å²) in [5, 5.41) is 6.75. The van der Waals surface area contributed by atoms with Crippen LogP contribution in [0.5, 0.6) is 0 Å². The van der Waals surface area contributed by atoms with E-state index in [1.807, 2.05) is 53.7 Å². The van der Waals surface area contributed by atoms with Crippen LogP contribution in [0.15, 0.2) is 40.8 Å². The molecule has 0 atom stereocenters. The van der Waals surface area contributed by atoms with Gasteiger partial charge in [0.2, 0.25) is 0 Å². The maximum Gasteiger partial charge on any atom is 0.291 e. The summed E-state index contributed by atoms with van der Waals surface area (Å²) in [6.07, 6.45) is 0. The zero-order chi connectivity index (χ0) is 20.6. The molecule has 0 saturated heterocycles. The average molecular weight is 378 g/mol. The highest BCUT2D eigenvalue weighted by Gasteiger charge is 2.20. The second-order valence-electron chi connectivity index (χ2n) is 8.20. The molecule has 0 aliphatic carbocycles. The van der Waals surface area contributed by atoms with Crippen molar-refractivity contribution in [1.29, 1.82) is 0 Å². The van der Waals surface area contributed by atoms with Gasteiger partial charge in [-0.3, -0.25) is 9.59 Å². The van der Waals surface area contributed by atoms with Gasteiger partial charge in [0.15, 0.2) is 5.76 Å². The van der Waals surface area contributed by atoms with Crippen LogP contribution in [-0.2, 0) is 0 Å². The van der Waals surface area contributed by atoms with E-state index >= 15 is 0 Å². The van der Waals surface area contributed by atoms with Crippen molar-refractivity contribution in [3.05, 3.63) is 64.4 Å². The third-order valence-electron chi connectivity index (χ3n) is 4.58. The van der Waals surface area contributed by atoms with Gasteiger partial charge in [-0.15, -0.1) is 0 Å². The van der Waals surface area contributed by atoms with Crippen molar-refractivity contribution in [3.8, 4) is 0 Å². The Hall–Kier alpha value is -3.08. The van der Waals surface area contributed by atoms with Crippen LogP contribution in [-0.4, -0.2) is 17.4 Å². The number of anilines is 1. The average Bonchev–Trinajstić information content (AvgIpc) is 2.96. The first-order valence-corrected chi connectivity index (χ1v) is 9.30. The van der Waals surface area contributed by atoms with E-state index in [-0.39, 0.29) is 17.4 Å². The number of aryl methyl sites for hydroxylation is 3. The lowest BCUT2D eigenvalue weighted by Gasteiger charge is -2.20. The quantitative estimate of drug-likeness (QED) is 0.663. The molecule has 3 aromatic rings. The van der Waals surface area contributed by atoms with Crippen LogP contribution >= 0.6 is 0 Å². The first-order chi connectivity index (χ1) is 13.1. The first kappa shape index (κ1) is 19.7. The fourth-order valence-electron chi connectivity index (χ4n) is 3.20. The highest BCUT2D eigenvalue weighted by molar-refractivity contribution is 6.07. The second-order valence-corrected chi connectivity index (χ2v) is 8.20. The van der Waals surface area contributed by atoms with Gasteiger partial charge in [0.05, 0.1) is 0 Å². The Morgan fingerprint density at radius 3 is 2.04 bits per heavy atom. The maximum absolute atomic E-state index is 12.7. The maximum atomic E-state index is 12.7. The van der Waals surface area contributed by atoms with Gasteiger partial charge >= 0.3 is 0 Å². The summed E-state index contributed by atoms with van der Waals surface area (Å²) in [4.78, 5) is 25.0. The summed E-state index contributed by atoms with van der Waals surface area (Å²) in [7, 11) is 0. The largest absolute Gasteiger partial charge is 0.450 e. The van der Waals surface area contributed by atoms with Gasteiger partial charge in [0.1, 0.15) is 5.58 Å². The van der Waals surface area contributed by atoms with Crippen molar-refractivity contribution in [3.63, 3.8) is 0 Å². The third kappa shape index (κ3) is 3.93. The van der Waals surface area contributed by atoms with E-state index in [0.29, 0.717) is 17.0 Å². The molecule has 0 aliphatic heterocycles. The van der Waals surface area contributed by atoms with E-state index in [1.54, 1.807) is 24.3 Å². The van der Waals surface area contributed by atoms with Crippen molar-refractivity contribution < 1.29 is 14.0 Å². The molecule has 28 heavy (non-hydrogen) atoms. The SMILES string of the molecule is Cc1ccc(C)c2c(C)c(C(=O)Nc3ccc(C(=O)NC(C)(C)C)cc3)oc12. The van der Waals surface area contributed by atoms with Crippen LogP contribution in [0.3, 0.4) is 0 Å². The fraction of sp³-hybridized carbons (Fsp3) is 0.304. The summed E-state index contributed by atoms with van der Waals surface area (Å²) in [5.74, 6) is -0.147. The number of nitrogens with one attached hydrogen (secondary N) is 2. The lowest BCUT2D eigenvalue weighted by atomic mass is 10.0. The van der Waals surface area contributed by atoms with Gasteiger partial charge in [-0.05, 0) is 76.9 Å². The van der Waals surface area contributed by atoms with Crippen LogP contribution in [0.1, 0.15) is 58.4 Å². The van der Waals surface area contributed by atoms with Crippen molar-refractivity contribution in [1.82, 2.24) is 5.32 Å². The minimum Gasteiger partial charge on any atom is -0.450 e. The molecular weight excluding hydrogens is 352 g/mol. The molecule has 0 spiro atoms. The molecule has 0 aliphatic rings. The van der Waals surface area contributed by atoms with Crippen molar-refractivity contribution in [2.24, 2.45) is 0 Å². The van der Waals surface area contributed by atoms with E-state index in [0.717, 1.165) is 27.7 Å². The topological polar surface area (TPSA) is 71.3 Å². The molecule has 0 fully saturated rings. The first-order valence-electron chi connectivity index (χ1n) is 9.30. The standard InChI is InChI=1S/C23H26N2O3/c1-13-7-8-14(2)19-18(13)15(3)20(28-19)22(27)24-17-11-9-16(10-12-17)21(26)25-23(4,5)6/h7-12H,1-6H3,(H,24,27)(H,25,26). The predicted octanol–water partition coefficient (Wildman–Crippen LogP) is 5.14. The molecule has 2 N–H and O–H groups in total. The Kier molecular flexibility index (Phi) is 5.02. The summed E-state index contributed by atoms with van der Waals surface area (Å²) >= 11 is 0. The molecule has 2 aromatic carbocycles. The molecule has 3 rings (SSSR count). The molecular formula is C23H26N2O3. The third-order valence-corrected chi connectivity index (χ3v) is 4.58. The van der Waals surface area contributed by atoms with Crippen LogP contribution in [0.25, 0.3) is 11.0 Å². The van der Waals surface area contributed by atoms with Crippen LogP contribution in [0.2, 0.25) is 0 Å². The molecule has 0 unspecified atom stereocenters. The number of amides is 2. The van der Waals surface area contributed by atoms with Crippen molar-refractivity contribution in [2.75, 3.05) is 5.32 Å². The zero-order valence-corrected chi connectivity index (χ0v) is 17.2. The van der Waals surface area contributed by atoms with E-state index < -0.39 is 0 Å². The Bertz CT molecular complexity index is 1050. The summed E-state index contributed by atoms with van der Waals surface area (Å²) in [6, 6.07) is 10.8. The number of hydrogen-bond acceptors (Lipinski definition) is 3. The van der Waals surface area contributed by atoms with Gasteiger partial charge < -0.3 is 15.1 Å². The highest BCUT2D eigenvalue weighted by Crippen LogP contribution is 2.31. The van der Waals surface area contributed by atoms with Gasteiger partial charge in [-0.25, -0.2) is 0 Å². The minimum atomic E-state index is -0.306. The zero-order valence-electron chi connectivity index (χ0n) is 17.2. The van der Waals surface area contributed by atoms with Crippen LogP contribution < -0.4 is 10.6 Å². The van der Waals surface area contributed by atoms with Crippen LogP contribution in [0, 0.1) is 20.8 Å². The number of benzene rings is 2. The summed E-state index contributed by atoms with van der Waals surface area (Å²) in [6.45, 7) is 11.7. The smallest absolute Gasteiger partial charge is 0.291 e. The molecule has 2 amide bonds. The fourth-order valence-corrected chi connectivity index (χ4v) is 3.20. The predicted molar refractivity (Wildman–Crippen MR) is 112 cm³/mol. The number of hydrogen-bond donors (Lipinski definition) is 2. The molecule has 0 bridgehead atoms. The van der Waals surface area contributed by atoms with Gasteiger partial charge in [0, 0.05) is 27.7 Å². The summed E-state index contributed by atoms with van der Waals surface area (Å²) in [5.41, 5.74) is 4.49. The lowest BCUT2D eigenvalue weighted by molar-refractivity contribution is 0.0919. The Labute approximate surface area is 165 Å². The van der Waals surface area contributed by atoms with Gasteiger partial charge in [-0.2, -0.15) is 0 Å². The monoisotopic (exact) mass is 378 g/mol. The molecule has 0 saturated carbocycles. The minimum absolute atomic E-state index is 0.149. The second kappa shape index (κ2) is 7.15. The number of fused-ring (bicyclic) bond motifs is 1. The number of furan rings is 1. The van der Waals surface area contributed by atoms with Crippen LogP contribution in [0.4, 0.5) is 5.69 Å². The number of carbonyl (C=O) groups is 2. The molecule has 0 radical (unpaired) electrons. The molecule has 1 heterocycles. The van der Waals surface area contributed by atoms with Crippen molar-refractivity contribution in [2.45, 2.75) is 47.1 Å². The Morgan fingerprint density at radius 2 is 1.46 bits per heavy atom. The Balaban J connectivity index is 1.81. The normalized spacial score (nSPS) is 11.5. The lowest BCUT2D eigenvalue weighted by Crippen LogP contribution is -2.40. The van der Waals surface area contributed by atoms with Gasteiger partial charge in [-0.1, -0.05) is 12.1 Å². The summed E-state index contributed by atoms with van der Waals surface area (Å²) < 4.78 is 5.89. The van der Waals surface area contributed by atoms with E-state index in [4.69, 9.17) is 4.42 Å². The van der Waals surface area contributed by atoms with Gasteiger partial charge in [0.25, 0.3) is 11.8 Å². The van der Waals surface area contributed by atoms with E-state index in [1.165, 1.54) is 0 Å². The van der Waals surface area contributed by atoms with E-state index in [2.05, 4.69) is 10.6 Å².